The van der Waals surface area contributed by atoms with Gasteiger partial charge in [-0.15, -0.1) is 0 Å². The third kappa shape index (κ3) is 4.49. The lowest BCUT2D eigenvalue weighted by atomic mass is 9.87. The van der Waals surface area contributed by atoms with Crippen LogP contribution < -0.4 is 15.4 Å². The molecule has 3 N–H and O–H groups in total. The molecule has 10 heteroatoms. The van der Waals surface area contributed by atoms with Crippen LogP contribution in [-0.4, -0.2) is 54.8 Å². The number of fused-ring (bicyclic) bond motifs is 1. The molecule has 0 bridgehead atoms. The second-order valence-corrected chi connectivity index (χ2v) is 11.0. The SMILES string of the molecule is CS(=O)(=O)N1Cc2c(C3CCCNC3)cc(-c3c(O)cccc3OCC3CC3)nc2NC1=O. The summed E-state index contributed by atoms with van der Waals surface area (Å²) in [5.74, 6) is 1.59. The van der Waals surface area contributed by atoms with E-state index in [1.165, 1.54) is 0 Å². The minimum absolute atomic E-state index is 0.0448. The Hall–Kier alpha value is -2.85. The maximum absolute atomic E-state index is 12.6. The molecule has 9 nitrogen and oxygen atoms in total. The third-order valence-electron chi connectivity index (χ3n) is 6.48. The first-order valence-electron chi connectivity index (χ1n) is 11.3. The molecule has 1 saturated heterocycles. The van der Waals surface area contributed by atoms with E-state index in [2.05, 4.69) is 15.6 Å². The summed E-state index contributed by atoms with van der Waals surface area (Å²) in [6, 6.07) is 6.31. The molecule has 1 aromatic heterocycles. The predicted octanol–water partition coefficient (Wildman–Crippen LogP) is 3.02. The van der Waals surface area contributed by atoms with Gasteiger partial charge in [-0.1, -0.05) is 6.07 Å². The van der Waals surface area contributed by atoms with Crippen molar-refractivity contribution >= 4 is 21.9 Å². The van der Waals surface area contributed by atoms with Crippen LogP contribution in [0.1, 0.15) is 42.7 Å². The zero-order valence-electron chi connectivity index (χ0n) is 18.5. The van der Waals surface area contributed by atoms with E-state index in [1.807, 2.05) is 12.1 Å². The molecule has 2 amide bonds. The van der Waals surface area contributed by atoms with Crippen molar-refractivity contribution in [2.24, 2.45) is 5.92 Å². The summed E-state index contributed by atoms with van der Waals surface area (Å²) in [5, 5.41) is 16.8. The van der Waals surface area contributed by atoms with Crippen LogP contribution in [0.5, 0.6) is 11.5 Å². The van der Waals surface area contributed by atoms with Crippen LogP contribution in [-0.2, 0) is 16.6 Å². The van der Waals surface area contributed by atoms with Gasteiger partial charge in [0.15, 0.2) is 0 Å². The number of amides is 2. The molecule has 0 radical (unpaired) electrons. The number of carbonyl (C=O) groups excluding carboxylic acids is 1. The molecule has 33 heavy (non-hydrogen) atoms. The number of aromatic nitrogens is 1. The van der Waals surface area contributed by atoms with Gasteiger partial charge in [0.2, 0.25) is 10.0 Å². The van der Waals surface area contributed by atoms with Gasteiger partial charge in [0, 0.05) is 12.1 Å². The number of rotatable bonds is 6. The number of nitrogens with one attached hydrogen (secondary N) is 2. The van der Waals surface area contributed by atoms with Crippen molar-refractivity contribution in [1.82, 2.24) is 14.6 Å². The third-order valence-corrected chi connectivity index (χ3v) is 7.58. The summed E-state index contributed by atoms with van der Waals surface area (Å²) >= 11 is 0. The van der Waals surface area contributed by atoms with Crippen molar-refractivity contribution < 1.29 is 23.1 Å². The molecule has 2 fully saturated rings. The van der Waals surface area contributed by atoms with Crippen molar-refractivity contribution in [3.8, 4) is 22.8 Å². The number of urea groups is 1. The molecule has 1 unspecified atom stereocenters. The average molecular weight is 473 g/mol. The highest BCUT2D eigenvalue weighted by Gasteiger charge is 2.34. The summed E-state index contributed by atoms with van der Waals surface area (Å²) < 4.78 is 31.2. The van der Waals surface area contributed by atoms with Crippen LogP contribution in [0.25, 0.3) is 11.3 Å². The average Bonchev–Trinajstić information content (AvgIpc) is 3.61. The van der Waals surface area contributed by atoms with Gasteiger partial charge in [-0.05, 0) is 67.8 Å². The predicted molar refractivity (Wildman–Crippen MR) is 124 cm³/mol. The molecule has 2 aromatic rings. The summed E-state index contributed by atoms with van der Waals surface area (Å²) in [4.78, 5) is 17.2. The second-order valence-electron chi connectivity index (χ2n) is 9.07. The number of sulfonamides is 1. The number of aromatic hydroxyl groups is 1. The maximum atomic E-state index is 12.6. The van der Waals surface area contributed by atoms with Gasteiger partial charge < -0.3 is 15.2 Å². The van der Waals surface area contributed by atoms with Crippen LogP contribution in [0.2, 0.25) is 0 Å². The van der Waals surface area contributed by atoms with E-state index in [-0.39, 0.29) is 18.2 Å². The van der Waals surface area contributed by atoms with Crippen LogP contribution in [0.3, 0.4) is 0 Å². The summed E-state index contributed by atoms with van der Waals surface area (Å²) in [5.41, 5.74) is 2.58. The lowest BCUT2D eigenvalue weighted by Crippen LogP contribution is -2.43. The van der Waals surface area contributed by atoms with E-state index in [9.17, 15) is 18.3 Å². The number of piperidine rings is 1. The van der Waals surface area contributed by atoms with Gasteiger partial charge in [-0.3, -0.25) is 5.32 Å². The quantitative estimate of drug-likeness (QED) is 0.591. The summed E-state index contributed by atoms with van der Waals surface area (Å²) in [6.45, 7) is 2.20. The Morgan fingerprint density at radius 3 is 2.79 bits per heavy atom. The van der Waals surface area contributed by atoms with E-state index in [0.717, 1.165) is 54.9 Å². The van der Waals surface area contributed by atoms with E-state index in [0.29, 0.717) is 40.9 Å². The number of ether oxygens (including phenoxy) is 1. The Morgan fingerprint density at radius 2 is 2.09 bits per heavy atom. The number of anilines is 1. The molecular weight excluding hydrogens is 444 g/mol. The number of phenolic OH excluding ortho intramolecular Hbond substituents is 1. The van der Waals surface area contributed by atoms with Crippen LogP contribution in [0, 0.1) is 5.92 Å². The molecule has 3 heterocycles. The topological polar surface area (TPSA) is 121 Å². The molecule has 3 aliphatic rings. The molecule has 2 aliphatic heterocycles. The normalized spacial score (nSPS) is 20.8. The first-order valence-corrected chi connectivity index (χ1v) is 13.1. The largest absolute Gasteiger partial charge is 0.507 e. The summed E-state index contributed by atoms with van der Waals surface area (Å²) in [7, 11) is -3.73. The standard InChI is InChI=1S/C23H28N4O5S/c1-33(30,31)27-12-17-16(15-4-3-9-24-11-15)10-18(25-22(17)26-23(27)29)21-19(28)5-2-6-20(21)32-13-14-7-8-14/h2,5-6,10,14-15,24,28H,3-4,7-9,11-13H2,1H3,(H,25,26,29). The number of benzene rings is 1. The molecule has 1 atom stereocenters. The van der Waals surface area contributed by atoms with Gasteiger partial charge in [0.25, 0.3) is 0 Å². The number of hydrogen-bond donors (Lipinski definition) is 3. The molecular formula is C23H28N4O5S. The zero-order chi connectivity index (χ0) is 23.2. The lowest BCUT2D eigenvalue weighted by molar-refractivity contribution is 0.233. The van der Waals surface area contributed by atoms with Gasteiger partial charge in [0.05, 0.1) is 30.7 Å². The van der Waals surface area contributed by atoms with Crippen molar-refractivity contribution in [2.45, 2.75) is 38.1 Å². The van der Waals surface area contributed by atoms with Crippen molar-refractivity contribution in [1.29, 1.82) is 0 Å². The van der Waals surface area contributed by atoms with Crippen molar-refractivity contribution in [3.05, 3.63) is 35.4 Å². The minimum atomic E-state index is -3.73. The highest BCUT2D eigenvalue weighted by atomic mass is 32.2. The second kappa shape index (κ2) is 8.49. The fourth-order valence-electron chi connectivity index (χ4n) is 4.51. The first-order chi connectivity index (χ1) is 15.8. The van der Waals surface area contributed by atoms with Crippen LogP contribution in [0.4, 0.5) is 10.6 Å². The van der Waals surface area contributed by atoms with Crippen molar-refractivity contribution in [2.75, 3.05) is 31.3 Å². The Kier molecular flexibility index (Phi) is 5.65. The Morgan fingerprint density at radius 1 is 1.27 bits per heavy atom. The summed E-state index contributed by atoms with van der Waals surface area (Å²) in [6.07, 6.45) is 5.24. The fraction of sp³-hybridized carbons (Fsp3) is 0.478. The zero-order valence-corrected chi connectivity index (χ0v) is 19.3. The van der Waals surface area contributed by atoms with Gasteiger partial charge >= 0.3 is 6.03 Å². The van der Waals surface area contributed by atoms with Crippen molar-refractivity contribution in [3.63, 3.8) is 0 Å². The molecule has 176 valence electrons. The number of phenols is 1. The Balaban J connectivity index is 1.62. The molecule has 1 aliphatic carbocycles. The molecule has 1 aromatic carbocycles. The molecule has 5 rings (SSSR count). The van der Waals surface area contributed by atoms with Crippen LogP contribution >= 0.6 is 0 Å². The number of hydrogen-bond acceptors (Lipinski definition) is 7. The van der Waals surface area contributed by atoms with Gasteiger partial charge in [-0.2, -0.15) is 0 Å². The smallest absolute Gasteiger partial charge is 0.336 e. The maximum Gasteiger partial charge on any atom is 0.336 e. The van der Waals surface area contributed by atoms with E-state index in [4.69, 9.17) is 4.74 Å². The van der Waals surface area contributed by atoms with E-state index >= 15 is 0 Å². The highest BCUT2D eigenvalue weighted by molar-refractivity contribution is 7.88. The van der Waals surface area contributed by atoms with E-state index < -0.39 is 16.1 Å². The van der Waals surface area contributed by atoms with E-state index in [1.54, 1.807) is 12.1 Å². The first kappa shape index (κ1) is 22.0. The van der Waals surface area contributed by atoms with Gasteiger partial charge in [0.1, 0.15) is 17.3 Å². The van der Waals surface area contributed by atoms with Crippen LogP contribution in [0.15, 0.2) is 24.3 Å². The molecule has 0 spiro atoms. The van der Waals surface area contributed by atoms with Gasteiger partial charge in [-0.25, -0.2) is 22.5 Å². The minimum Gasteiger partial charge on any atom is -0.507 e. The molecule has 1 saturated carbocycles. The number of pyridine rings is 1. The fourth-order valence-corrected chi connectivity index (χ4v) is 5.22. The monoisotopic (exact) mass is 472 g/mol. The Bertz CT molecular complexity index is 1190. The number of nitrogens with zero attached hydrogens (tertiary/aromatic N) is 2. The highest BCUT2D eigenvalue weighted by Crippen LogP contribution is 2.42. The lowest BCUT2D eigenvalue weighted by Gasteiger charge is -2.32. The number of carbonyl (C=O) groups is 1. The Labute approximate surface area is 193 Å².